The van der Waals surface area contributed by atoms with Crippen LogP contribution in [0.4, 0.5) is 4.39 Å². The fraction of sp³-hybridized carbons (Fsp3) is 0.417. The standard InChI is InChI=1S/C12H16FNS/c1-7-4-10(5-9(3)12(14)15)11(13)6-8(7)2/h4,6,9H,5H2,1-3H3,(H2,14,15). The minimum Gasteiger partial charge on any atom is -0.393 e. The van der Waals surface area contributed by atoms with Crippen molar-refractivity contribution < 1.29 is 4.39 Å². The van der Waals surface area contributed by atoms with E-state index in [1.807, 2.05) is 26.8 Å². The summed E-state index contributed by atoms with van der Waals surface area (Å²) in [5, 5.41) is 0. The Labute approximate surface area is 95.5 Å². The summed E-state index contributed by atoms with van der Waals surface area (Å²) in [7, 11) is 0. The molecule has 0 aliphatic rings. The number of rotatable bonds is 3. The van der Waals surface area contributed by atoms with Crippen LogP contribution in [0.3, 0.4) is 0 Å². The molecule has 0 amide bonds. The zero-order valence-electron chi connectivity index (χ0n) is 9.30. The molecule has 1 unspecified atom stereocenters. The van der Waals surface area contributed by atoms with Gasteiger partial charge in [0.05, 0.1) is 4.99 Å². The molecule has 0 aliphatic carbocycles. The van der Waals surface area contributed by atoms with Crippen molar-refractivity contribution in [1.82, 2.24) is 0 Å². The molecule has 1 rings (SSSR count). The van der Waals surface area contributed by atoms with Gasteiger partial charge in [-0.1, -0.05) is 25.2 Å². The maximum Gasteiger partial charge on any atom is 0.126 e. The second-order valence-electron chi connectivity index (χ2n) is 4.04. The molecule has 0 heterocycles. The first kappa shape index (κ1) is 12.1. The summed E-state index contributed by atoms with van der Waals surface area (Å²) in [5.41, 5.74) is 8.27. The molecule has 0 saturated carbocycles. The number of nitrogens with two attached hydrogens (primary N) is 1. The number of aryl methyl sites for hydroxylation is 2. The lowest BCUT2D eigenvalue weighted by Crippen LogP contribution is -2.20. The first-order chi connectivity index (χ1) is 6.91. The third kappa shape index (κ3) is 2.99. The average Bonchev–Trinajstić information content (AvgIpc) is 2.13. The van der Waals surface area contributed by atoms with Crippen molar-refractivity contribution in [3.63, 3.8) is 0 Å². The van der Waals surface area contributed by atoms with Gasteiger partial charge in [0.1, 0.15) is 5.82 Å². The van der Waals surface area contributed by atoms with E-state index in [4.69, 9.17) is 18.0 Å². The van der Waals surface area contributed by atoms with E-state index in [1.165, 1.54) is 0 Å². The average molecular weight is 225 g/mol. The highest BCUT2D eigenvalue weighted by Gasteiger charge is 2.11. The largest absolute Gasteiger partial charge is 0.393 e. The molecule has 0 spiro atoms. The second kappa shape index (κ2) is 4.71. The summed E-state index contributed by atoms with van der Waals surface area (Å²) in [6.07, 6.45) is 0.572. The fourth-order valence-corrected chi connectivity index (χ4v) is 1.51. The Hall–Kier alpha value is -0.960. The summed E-state index contributed by atoms with van der Waals surface area (Å²) >= 11 is 4.87. The normalized spacial score (nSPS) is 12.5. The van der Waals surface area contributed by atoms with Crippen LogP contribution < -0.4 is 5.73 Å². The fourth-order valence-electron chi connectivity index (χ4n) is 1.43. The van der Waals surface area contributed by atoms with Crippen molar-refractivity contribution in [3.05, 3.63) is 34.6 Å². The lowest BCUT2D eigenvalue weighted by molar-refractivity contribution is 0.596. The topological polar surface area (TPSA) is 26.0 Å². The Bertz CT molecular complexity index is 387. The molecule has 2 N–H and O–H groups in total. The van der Waals surface area contributed by atoms with Crippen LogP contribution in [0.2, 0.25) is 0 Å². The third-order valence-corrected chi connectivity index (χ3v) is 3.08. The van der Waals surface area contributed by atoms with Crippen LogP contribution in [0.15, 0.2) is 12.1 Å². The molecule has 0 saturated heterocycles. The molecule has 1 atom stereocenters. The Morgan fingerprint density at radius 3 is 2.47 bits per heavy atom. The van der Waals surface area contributed by atoms with Crippen LogP contribution in [-0.4, -0.2) is 4.99 Å². The van der Waals surface area contributed by atoms with E-state index < -0.39 is 0 Å². The van der Waals surface area contributed by atoms with Crippen LogP contribution >= 0.6 is 12.2 Å². The van der Waals surface area contributed by atoms with Crippen LogP contribution in [-0.2, 0) is 6.42 Å². The lowest BCUT2D eigenvalue weighted by Gasteiger charge is -2.12. The minimum atomic E-state index is -0.166. The molecule has 0 radical (unpaired) electrons. The lowest BCUT2D eigenvalue weighted by atomic mass is 9.97. The third-order valence-electron chi connectivity index (χ3n) is 2.67. The van der Waals surface area contributed by atoms with Crippen molar-refractivity contribution in [2.24, 2.45) is 11.7 Å². The van der Waals surface area contributed by atoms with E-state index >= 15 is 0 Å². The zero-order valence-corrected chi connectivity index (χ0v) is 10.1. The van der Waals surface area contributed by atoms with Gasteiger partial charge in [-0.15, -0.1) is 0 Å². The second-order valence-corrected chi connectivity index (χ2v) is 4.51. The van der Waals surface area contributed by atoms with Gasteiger partial charge in [-0.3, -0.25) is 0 Å². The summed E-state index contributed by atoms with van der Waals surface area (Å²) < 4.78 is 13.6. The summed E-state index contributed by atoms with van der Waals surface area (Å²) in [6, 6.07) is 3.44. The Morgan fingerprint density at radius 1 is 1.40 bits per heavy atom. The van der Waals surface area contributed by atoms with Gasteiger partial charge in [0, 0.05) is 5.92 Å². The molecule has 15 heavy (non-hydrogen) atoms. The molecule has 1 nitrogen and oxygen atoms in total. The molecule has 82 valence electrons. The van der Waals surface area contributed by atoms with Crippen LogP contribution in [0.5, 0.6) is 0 Å². The van der Waals surface area contributed by atoms with E-state index in [-0.39, 0.29) is 11.7 Å². The Morgan fingerprint density at radius 2 is 1.93 bits per heavy atom. The monoisotopic (exact) mass is 225 g/mol. The molecule has 3 heteroatoms. The maximum atomic E-state index is 13.6. The van der Waals surface area contributed by atoms with Gasteiger partial charge in [0.15, 0.2) is 0 Å². The van der Waals surface area contributed by atoms with Gasteiger partial charge < -0.3 is 5.73 Å². The number of hydrogen-bond acceptors (Lipinski definition) is 1. The van der Waals surface area contributed by atoms with E-state index in [2.05, 4.69) is 0 Å². The summed E-state index contributed by atoms with van der Waals surface area (Å²) in [6.45, 7) is 5.79. The minimum absolute atomic E-state index is 0.0385. The quantitative estimate of drug-likeness (QED) is 0.800. The van der Waals surface area contributed by atoms with E-state index in [0.717, 1.165) is 11.1 Å². The highest BCUT2D eigenvalue weighted by atomic mass is 32.1. The molecule has 0 aromatic heterocycles. The Kier molecular flexibility index (Phi) is 3.80. The van der Waals surface area contributed by atoms with Crippen molar-refractivity contribution in [1.29, 1.82) is 0 Å². The van der Waals surface area contributed by atoms with E-state index in [9.17, 15) is 4.39 Å². The van der Waals surface area contributed by atoms with Gasteiger partial charge in [-0.2, -0.15) is 0 Å². The van der Waals surface area contributed by atoms with E-state index in [0.29, 0.717) is 17.0 Å². The zero-order chi connectivity index (χ0) is 11.6. The van der Waals surface area contributed by atoms with E-state index in [1.54, 1.807) is 6.07 Å². The van der Waals surface area contributed by atoms with Crippen LogP contribution in [0.1, 0.15) is 23.6 Å². The van der Waals surface area contributed by atoms with Gasteiger partial charge in [-0.05, 0) is 43.0 Å². The van der Waals surface area contributed by atoms with Crippen molar-refractivity contribution in [2.45, 2.75) is 27.2 Å². The highest BCUT2D eigenvalue weighted by Crippen LogP contribution is 2.18. The molecule has 1 aromatic carbocycles. The molecule has 0 aliphatic heterocycles. The van der Waals surface area contributed by atoms with Gasteiger partial charge in [0.25, 0.3) is 0 Å². The van der Waals surface area contributed by atoms with Gasteiger partial charge in [0.2, 0.25) is 0 Å². The van der Waals surface area contributed by atoms with Crippen molar-refractivity contribution in [2.75, 3.05) is 0 Å². The number of thiocarbonyl (C=S) groups is 1. The molecule has 0 bridgehead atoms. The number of hydrogen-bond donors (Lipinski definition) is 1. The molecular weight excluding hydrogens is 209 g/mol. The van der Waals surface area contributed by atoms with Crippen LogP contribution in [0.25, 0.3) is 0 Å². The highest BCUT2D eigenvalue weighted by molar-refractivity contribution is 7.80. The molecular formula is C12H16FNS. The predicted molar refractivity (Wildman–Crippen MR) is 65.5 cm³/mol. The van der Waals surface area contributed by atoms with Crippen molar-refractivity contribution in [3.8, 4) is 0 Å². The van der Waals surface area contributed by atoms with Crippen LogP contribution in [0, 0.1) is 25.6 Å². The van der Waals surface area contributed by atoms with Gasteiger partial charge in [-0.25, -0.2) is 4.39 Å². The smallest absolute Gasteiger partial charge is 0.126 e. The van der Waals surface area contributed by atoms with Crippen molar-refractivity contribution >= 4 is 17.2 Å². The maximum absolute atomic E-state index is 13.6. The number of halogens is 1. The summed E-state index contributed by atoms with van der Waals surface area (Å²) in [5.74, 6) is -0.127. The molecule has 1 aromatic rings. The first-order valence-electron chi connectivity index (χ1n) is 4.96. The summed E-state index contributed by atoms with van der Waals surface area (Å²) in [4.78, 5) is 0.438. The SMILES string of the molecule is Cc1cc(F)c(CC(C)C(N)=S)cc1C. The first-order valence-corrected chi connectivity index (χ1v) is 5.37. The molecule has 0 fully saturated rings. The predicted octanol–water partition coefficient (Wildman–Crippen LogP) is 2.91. The number of benzene rings is 1. The Balaban J connectivity index is 2.95. The van der Waals surface area contributed by atoms with Gasteiger partial charge >= 0.3 is 0 Å².